The summed E-state index contributed by atoms with van der Waals surface area (Å²) in [6, 6.07) is -0.537. The number of esters is 1. The molecule has 2 atom stereocenters. The van der Waals surface area contributed by atoms with Crippen LogP contribution in [0, 0.1) is 0 Å². The maximum atomic E-state index is 12.5. The lowest BCUT2D eigenvalue weighted by atomic mass is 10.0. The first-order valence-corrected chi connectivity index (χ1v) is 37.6. The molecular formula is C76H147NO5. The molecule has 82 heavy (non-hydrogen) atoms. The highest BCUT2D eigenvalue weighted by Gasteiger charge is 2.20. The van der Waals surface area contributed by atoms with Gasteiger partial charge in [0.2, 0.25) is 5.91 Å². The van der Waals surface area contributed by atoms with E-state index < -0.39 is 12.1 Å². The number of nitrogens with one attached hydrogen (secondary N) is 1. The first-order valence-electron chi connectivity index (χ1n) is 37.6. The van der Waals surface area contributed by atoms with Crippen LogP contribution in [-0.4, -0.2) is 47.4 Å². The Labute approximate surface area is 513 Å². The highest BCUT2D eigenvalue weighted by Crippen LogP contribution is 2.20. The summed E-state index contributed by atoms with van der Waals surface area (Å²) in [5, 5.41) is 23.4. The van der Waals surface area contributed by atoms with Gasteiger partial charge in [-0.1, -0.05) is 378 Å². The monoisotopic (exact) mass is 1150 g/mol. The molecule has 0 radical (unpaired) electrons. The van der Waals surface area contributed by atoms with E-state index in [0.717, 1.165) is 51.4 Å². The van der Waals surface area contributed by atoms with E-state index in [4.69, 9.17) is 4.74 Å². The van der Waals surface area contributed by atoms with Crippen molar-refractivity contribution in [2.75, 3.05) is 13.2 Å². The lowest BCUT2D eigenvalue weighted by Crippen LogP contribution is -2.45. The van der Waals surface area contributed by atoms with Gasteiger partial charge in [0, 0.05) is 12.8 Å². The number of allylic oxidation sites excluding steroid dienone is 4. The number of aliphatic hydroxyl groups excluding tert-OH is 2. The number of carbonyl (C=O) groups excluding carboxylic acids is 2. The number of unbranched alkanes of at least 4 members (excludes halogenated alkanes) is 56. The first-order chi connectivity index (χ1) is 40.5. The zero-order valence-corrected chi connectivity index (χ0v) is 55.8. The summed E-state index contributed by atoms with van der Waals surface area (Å²) in [6.45, 7) is 4.96. The minimum absolute atomic E-state index is 0.00919. The summed E-state index contributed by atoms with van der Waals surface area (Å²) < 4.78 is 5.49. The number of aliphatic hydroxyl groups is 2. The van der Waals surface area contributed by atoms with Crippen LogP contribution in [0.1, 0.15) is 425 Å². The van der Waals surface area contributed by atoms with Gasteiger partial charge in [0.15, 0.2) is 0 Å². The SMILES string of the molecule is CCCCC/C=C\C/C=C\CCCCCCCC(=O)OCCCCCCCCCCCCCCCCCCCCCCCCCCCCCCCCCCCCCC(=O)NC(CO)C(O)CCCCCCCCCCCCCCCCC. The van der Waals surface area contributed by atoms with Gasteiger partial charge in [0.1, 0.15) is 0 Å². The molecular weight excluding hydrogens is 1010 g/mol. The molecule has 0 fully saturated rings. The van der Waals surface area contributed by atoms with Crippen LogP contribution in [0.2, 0.25) is 0 Å². The molecule has 0 spiro atoms. The number of amides is 1. The molecule has 0 aromatic carbocycles. The Hall–Kier alpha value is -1.66. The topological polar surface area (TPSA) is 95.9 Å². The molecule has 0 aromatic rings. The van der Waals surface area contributed by atoms with Crippen LogP contribution >= 0.6 is 0 Å². The van der Waals surface area contributed by atoms with Crippen LogP contribution in [0.5, 0.6) is 0 Å². The van der Waals surface area contributed by atoms with E-state index in [-0.39, 0.29) is 18.5 Å². The van der Waals surface area contributed by atoms with Crippen LogP contribution in [-0.2, 0) is 14.3 Å². The van der Waals surface area contributed by atoms with Crippen molar-refractivity contribution in [3.63, 3.8) is 0 Å². The first kappa shape index (κ1) is 80.3. The van der Waals surface area contributed by atoms with E-state index in [1.54, 1.807) is 0 Å². The van der Waals surface area contributed by atoms with Gasteiger partial charge < -0.3 is 20.3 Å². The number of hydrogen-bond acceptors (Lipinski definition) is 5. The van der Waals surface area contributed by atoms with E-state index >= 15 is 0 Å². The lowest BCUT2D eigenvalue weighted by molar-refractivity contribution is -0.143. The molecule has 0 heterocycles. The van der Waals surface area contributed by atoms with Crippen molar-refractivity contribution in [2.45, 2.75) is 437 Å². The standard InChI is InChI=1S/C76H147NO5/c1-3-5-7-9-11-13-15-17-40-44-48-52-56-60-64-68-74(79)73(72-78)77-75(80)69-65-61-57-53-49-45-42-38-36-34-32-30-28-26-24-22-20-19-21-23-25-27-29-31-33-35-37-39-43-47-51-55-59-63-67-71-82-76(81)70-66-62-58-54-50-46-41-18-16-14-12-10-8-6-4-2/h12,14,18,41,73-74,78-79H,3-11,13,15-17,19-40,42-72H2,1-2H3,(H,77,80)/b14-12-,41-18-. The molecule has 0 bridgehead atoms. The molecule has 0 aliphatic rings. The molecule has 0 aromatic heterocycles. The minimum atomic E-state index is -0.660. The van der Waals surface area contributed by atoms with Gasteiger partial charge in [-0.15, -0.1) is 0 Å². The van der Waals surface area contributed by atoms with E-state index in [0.29, 0.717) is 25.9 Å². The average molecular weight is 1160 g/mol. The molecule has 6 heteroatoms. The van der Waals surface area contributed by atoms with Crippen molar-refractivity contribution in [1.82, 2.24) is 5.32 Å². The van der Waals surface area contributed by atoms with Crippen LogP contribution in [0.3, 0.4) is 0 Å². The molecule has 0 aliphatic heterocycles. The Bertz CT molecular complexity index is 1280. The summed E-state index contributed by atoms with van der Waals surface area (Å²) >= 11 is 0. The molecule has 2 unspecified atom stereocenters. The fraction of sp³-hybridized carbons (Fsp3) is 0.921. The second-order valence-electron chi connectivity index (χ2n) is 26.0. The third kappa shape index (κ3) is 67.5. The average Bonchev–Trinajstić information content (AvgIpc) is 3.48. The van der Waals surface area contributed by atoms with Crippen LogP contribution in [0.4, 0.5) is 0 Å². The molecule has 0 aliphatic carbocycles. The van der Waals surface area contributed by atoms with Gasteiger partial charge in [-0.05, 0) is 57.8 Å². The zero-order valence-electron chi connectivity index (χ0n) is 55.8. The number of carbonyl (C=O) groups is 2. The summed E-state index contributed by atoms with van der Waals surface area (Å²) in [6.07, 6.45) is 91.2. The fourth-order valence-corrected chi connectivity index (χ4v) is 12.0. The lowest BCUT2D eigenvalue weighted by Gasteiger charge is -2.22. The maximum Gasteiger partial charge on any atom is 0.305 e. The Morgan fingerprint density at radius 1 is 0.341 bits per heavy atom. The largest absolute Gasteiger partial charge is 0.466 e. The van der Waals surface area contributed by atoms with Gasteiger partial charge >= 0.3 is 5.97 Å². The van der Waals surface area contributed by atoms with Gasteiger partial charge in [-0.25, -0.2) is 0 Å². The van der Waals surface area contributed by atoms with Crippen molar-refractivity contribution in [2.24, 2.45) is 0 Å². The normalized spacial score (nSPS) is 12.6. The quantitative estimate of drug-likeness (QED) is 0.0320. The van der Waals surface area contributed by atoms with E-state index in [9.17, 15) is 19.8 Å². The minimum Gasteiger partial charge on any atom is -0.466 e. The van der Waals surface area contributed by atoms with Crippen LogP contribution in [0.15, 0.2) is 24.3 Å². The van der Waals surface area contributed by atoms with E-state index in [1.807, 2.05) is 0 Å². The molecule has 0 rings (SSSR count). The third-order valence-corrected chi connectivity index (χ3v) is 17.8. The van der Waals surface area contributed by atoms with Crippen molar-refractivity contribution < 1.29 is 24.5 Å². The number of rotatable bonds is 71. The number of hydrogen-bond donors (Lipinski definition) is 3. The second-order valence-corrected chi connectivity index (χ2v) is 26.0. The Kier molecular flexibility index (Phi) is 70.4. The molecule has 3 N–H and O–H groups in total. The van der Waals surface area contributed by atoms with Crippen molar-refractivity contribution >= 4 is 11.9 Å². The maximum absolute atomic E-state index is 12.5. The summed E-state index contributed by atoms with van der Waals surface area (Å²) in [7, 11) is 0. The van der Waals surface area contributed by atoms with Crippen molar-refractivity contribution in [1.29, 1.82) is 0 Å². The van der Waals surface area contributed by atoms with Gasteiger partial charge in [-0.2, -0.15) is 0 Å². The Morgan fingerprint density at radius 3 is 0.951 bits per heavy atom. The molecule has 486 valence electrons. The van der Waals surface area contributed by atoms with E-state index in [2.05, 4.69) is 43.5 Å². The Morgan fingerprint density at radius 2 is 0.610 bits per heavy atom. The highest BCUT2D eigenvalue weighted by molar-refractivity contribution is 5.76. The van der Waals surface area contributed by atoms with Gasteiger partial charge in [0.05, 0.1) is 25.4 Å². The highest BCUT2D eigenvalue weighted by atomic mass is 16.5. The number of ether oxygens (including phenoxy) is 1. The Balaban J connectivity index is 3.30. The summed E-state index contributed by atoms with van der Waals surface area (Å²) in [5.74, 6) is -0.0171. The predicted molar refractivity (Wildman–Crippen MR) is 361 cm³/mol. The van der Waals surface area contributed by atoms with E-state index in [1.165, 1.54) is 340 Å². The fourth-order valence-electron chi connectivity index (χ4n) is 12.0. The van der Waals surface area contributed by atoms with Gasteiger partial charge in [0.25, 0.3) is 0 Å². The second kappa shape index (κ2) is 71.8. The zero-order chi connectivity index (χ0) is 59.2. The smallest absolute Gasteiger partial charge is 0.305 e. The molecule has 0 saturated carbocycles. The van der Waals surface area contributed by atoms with Crippen molar-refractivity contribution in [3.8, 4) is 0 Å². The van der Waals surface area contributed by atoms with Crippen molar-refractivity contribution in [3.05, 3.63) is 24.3 Å². The molecule has 0 saturated heterocycles. The summed E-state index contributed by atoms with van der Waals surface area (Å²) in [5.41, 5.74) is 0. The summed E-state index contributed by atoms with van der Waals surface area (Å²) in [4.78, 5) is 24.6. The molecule has 6 nitrogen and oxygen atoms in total. The third-order valence-electron chi connectivity index (χ3n) is 17.8. The van der Waals surface area contributed by atoms with Crippen LogP contribution in [0.25, 0.3) is 0 Å². The predicted octanol–water partition coefficient (Wildman–Crippen LogP) is 24.5. The molecule has 1 amide bonds. The van der Waals surface area contributed by atoms with Gasteiger partial charge in [-0.3, -0.25) is 9.59 Å². The van der Waals surface area contributed by atoms with Crippen LogP contribution < -0.4 is 5.32 Å².